The molecule has 0 bridgehead atoms. The van der Waals surface area contributed by atoms with E-state index >= 15 is 0 Å². The number of hydrogen-bond donors (Lipinski definition) is 1. The van der Waals surface area contributed by atoms with Crippen LogP contribution >= 0.6 is 11.3 Å². The summed E-state index contributed by atoms with van der Waals surface area (Å²) in [5.74, 6) is 1.77. The molecular weight excluding hydrogens is 344 g/mol. The highest BCUT2D eigenvalue weighted by atomic mass is 32.1. The van der Waals surface area contributed by atoms with Gasteiger partial charge in [-0.2, -0.15) is 5.10 Å². The first kappa shape index (κ1) is 20.4. The van der Waals surface area contributed by atoms with Crippen LogP contribution in [0.4, 0.5) is 0 Å². The number of aryl methyl sites for hydroxylation is 1. The molecule has 0 saturated heterocycles. The summed E-state index contributed by atoms with van der Waals surface area (Å²) in [6.45, 7) is 13.0. The maximum atomic E-state index is 4.78. The fourth-order valence-electron chi connectivity index (χ4n) is 2.78. The van der Waals surface area contributed by atoms with E-state index in [4.69, 9.17) is 4.99 Å². The fourth-order valence-corrected chi connectivity index (χ4v) is 3.61. The van der Waals surface area contributed by atoms with Crippen LogP contribution in [0.1, 0.15) is 68.4 Å². The molecule has 144 valence electrons. The highest BCUT2D eigenvalue weighted by Gasteiger charge is 2.15. The van der Waals surface area contributed by atoms with Gasteiger partial charge in [0.05, 0.1) is 22.9 Å². The predicted octanol–water partition coefficient (Wildman–Crippen LogP) is 3.72. The van der Waals surface area contributed by atoms with Gasteiger partial charge >= 0.3 is 0 Å². The molecule has 0 aliphatic rings. The molecule has 0 aliphatic heterocycles. The summed E-state index contributed by atoms with van der Waals surface area (Å²) in [5.41, 5.74) is 3.43. The summed E-state index contributed by atoms with van der Waals surface area (Å²) in [5, 5.41) is 11.3. The first-order valence-electron chi connectivity index (χ1n) is 9.27. The number of hydrogen-bond acceptors (Lipinski definition) is 4. The van der Waals surface area contributed by atoms with Crippen molar-refractivity contribution in [3.05, 3.63) is 33.5 Å². The number of nitrogens with zero attached hydrogens (tertiary/aromatic N) is 5. The summed E-state index contributed by atoms with van der Waals surface area (Å²) in [6, 6.07) is 0. The molecule has 0 unspecified atom stereocenters. The maximum Gasteiger partial charge on any atom is 0.194 e. The lowest BCUT2D eigenvalue weighted by Crippen LogP contribution is -2.38. The lowest BCUT2D eigenvalue weighted by atomic mass is 10.1. The van der Waals surface area contributed by atoms with Crippen LogP contribution < -0.4 is 5.32 Å². The van der Waals surface area contributed by atoms with E-state index in [1.54, 1.807) is 11.3 Å². The minimum Gasteiger partial charge on any atom is -0.357 e. The zero-order valence-corrected chi connectivity index (χ0v) is 17.9. The molecule has 6 nitrogen and oxygen atoms in total. The van der Waals surface area contributed by atoms with Crippen LogP contribution in [0.3, 0.4) is 0 Å². The highest BCUT2D eigenvalue weighted by molar-refractivity contribution is 7.09. The van der Waals surface area contributed by atoms with Gasteiger partial charge in [0.1, 0.15) is 0 Å². The molecule has 2 rings (SSSR count). The molecule has 0 aromatic carbocycles. The van der Waals surface area contributed by atoms with E-state index in [0.29, 0.717) is 18.4 Å². The Hall–Kier alpha value is -1.89. The number of guanidine groups is 1. The molecule has 0 fully saturated rings. The predicted molar refractivity (Wildman–Crippen MR) is 110 cm³/mol. The molecule has 0 radical (unpaired) electrons. The average molecular weight is 377 g/mol. The summed E-state index contributed by atoms with van der Waals surface area (Å²) in [7, 11) is 4.04. The molecule has 0 spiro atoms. The van der Waals surface area contributed by atoms with Crippen molar-refractivity contribution in [3.8, 4) is 0 Å². The highest BCUT2D eigenvalue weighted by Crippen LogP contribution is 2.20. The second-order valence-corrected chi connectivity index (χ2v) is 8.12. The quantitative estimate of drug-likeness (QED) is 0.591. The van der Waals surface area contributed by atoms with E-state index < -0.39 is 0 Å². The topological polar surface area (TPSA) is 58.3 Å². The normalized spacial score (nSPS) is 12.3. The van der Waals surface area contributed by atoms with Crippen molar-refractivity contribution in [1.82, 2.24) is 25.0 Å². The van der Waals surface area contributed by atoms with Crippen LogP contribution in [0.5, 0.6) is 0 Å². The number of aliphatic imine (C=N–C) groups is 1. The van der Waals surface area contributed by atoms with Gasteiger partial charge in [0.25, 0.3) is 0 Å². The summed E-state index contributed by atoms with van der Waals surface area (Å²) in [6.07, 6.45) is 2.10. The number of rotatable bonds is 7. The first-order chi connectivity index (χ1) is 12.3. The second kappa shape index (κ2) is 9.16. The fraction of sp³-hybridized carbons (Fsp3) is 0.632. The van der Waals surface area contributed by atoms with Crippen molar-refractivity contribution < 1.29 is 0 Å². The van der Waals surface area contributed by atoms with Crippen molar-refractivity contribution in [1.29, 1.82) is 0 Å². The van der Waals surface area contributed by atoms with Crippen LogP contribution in [0.2, 0.25) is 0 Å². The zero-order chi connectivity index (χ0) is 19.3. The van der Waals surface area contributed by atoms with Gasteiger partial charge in [0.15, 0.2) is 5.96 Å². The summed E-state index contributed by atoms with van der Waals surface area (Å²) < 4.78 is 1.89. The van der Waals surface area contributed by atoms with Crippen LogP contribution in [0.25, 0.3) is 0 Å². The van der Waals surface area contributed by atoms with Crippen molar-refractivity contribution in [2.75, 3.05) is 13.6 Å². The smallest absolute Gasteiger partial charge is 0.194 e. The molecule has 0 amide bonds. The summed E-state index contributed by atoms with van der Waals surface area (Å²) >= 11 is 1.72. The third-order valence-corrected chi connectivity index (χ3v) is 5.24. The minimum atomic E-state index is 0.406. The van der Waals surface area contributed by atoms with Gasteiger partial charge in [-0.05, 0) is 12.8 Å². The van der Waals surface area contributed by atoms with Crippen LogP contribution in [0.15, 0.2) is 16.6 Å². The van der Waals surface area contributed by atoms with Crippen molar-refractivity contribution in [2.24, 2.45) is 12.0 Å². The molecule has 2 aromatic heterocycles. The number of nitrogens with one attached hydrogen (secondary N) is 1. The Morgan fingerprint density at radius 1 is 1.31 bits per heavy atom. The van der Waals surface area contributed by atoms with Gasteiger partial charge in [-0.15, -0.1) is 11.3 Å². The average Bonchev–Trinajstić information content (AvgIpc) is 3.18. The van der Waals surface area contributed by atoms with E-state index in [9.17, 15) is 0 Å². The second-order valence-electron chi connectivity index (χ2n) is 7.23. The monoisotopic (exact) mass is 376 g/mol. The molecule has 0 atom stereocenters. The number of thiazole rings is 1. The zero-order valence-electron chi connectivity index (χ0n) is 17.1. The van der Waals surface area contributed by atoms with E-state index in [1.807, 2.05) is 11.7 Å². The Kier molecular flexibility index (Phi) is 7.20. The Bertz CT molecular complexity index is 728. The van der Waals surface area contributed by atoms with E-state index in [1.165, 1.54) is 10.6 Å². The van der Waals surface area contributed by atoms with Gasteiger partial charge in [0, 0.05) is 50.2 Å². The van der Waals surface area contributed by atoms with Gasteiger partial charge in [-0.1, -0.05) is 27.7 Å². The lowest BCUT2D eigenvalue weighted by Gasteiger charge is -2.22. The van der Waals surface area contributed by atoms with E-state index in [2.05, 4.69) is 73.5 Å². The molecule has 2 aromatic rings. The Morgan fingerprint density at radius 3 is 2.62 bits per heavy atom. The van der Waals surface area contributed by atoms with Crippen molar-refractivity contribution in [2.45, 2.75) is 59.5 Å². The number of aromatic nitrogens is 3. The molecular formula is C19H32N6S. The molecule has 2 heterocycles. The Balaban J connectivity index is 2.12. The van der Waals surface area contributed by atoms with Crippen LogP contribution in [0, 0.1) is 0 Å². The third-order valence-electron chi connectivity index (χ3n) is 4.04. The van der Waals surface area contributed by atoms with Crippen molar-refractivity contribution in [3.63, 3.8) is 0 Å². The maximum absolute atomic E-state index is 4.78. The van der Waals surface area contributed by atoms with Crippen LogP contribution in [-0.2, 0) is 20.1 Å². The van der Waals surface area contributed by atoms with Crippen molar-refractivity contribution >= 4 is 17.3 Å². The SMILES string of the molecule is CCNC(=NCc1csc(C(C)C)n1)N(C)Cc1cn(C)nc1C(C)C. The lowest BCUT2D eigenvalue weighted by molar-refractivity contribution is 0.473. The standard InChI is InChI=1S/C19H32N6S/c1-8-20-19(21-9-16-12-26-18(22-16)14(4)5)24(6)10-15-11-25(7)23-17(15)13(2)3/h11-14H,8-10H2,1-7H3,(H,20,21). The summed E-state index contributed by atoms with van der Waals surface area (Å²) in [4.78, 5) is 11.6. The Morgan fingerprint density at radius 2 is 2.04 bits per heavy atom. The molecule has 7 heteroatoms. The Labute approximate surface area is 161 Å². The largest absolute Gasteiger partial charge is 0.357 e. The van der Waals surface area contributed by atoms with Gasteiger partial charge in [-0.25, -0.2) is 9.98 Å². The molecule has 0 aliphatic carbocycles. The molecule has 0 saturated carbocycles. The van der Waals surface area contributed by atoms with Gasteiger partial charge < -0.3 is 10.2 Å². The third kappa shape index (κ3) is 5.30. The minimum absolute atomic E-state index is 0.406. The van der Waals surface area contributed by atoms with E-state index in [-0.39, 0.29) is 0 Å². The van der Waals surface area contributed by atoms with Gasteiger partial charge in [-0.3, -0.25) is 4.68 Å². The van der Waals surface area contributed by atoms with Gasteiger partial charge in [0.2, 0.25) is 0 Å². The van der Waals surface area contributed by atoms with E-state index in [0.717, 1.165) is 30.4 Å². The molecule has 26 heavy (non-hydrogen) atoms. The van der Waals surface area contributed by atoms with Crippen LogP contribution in [-0.4, -0.2) is 39.2 Å². The first-order valence-corrected chi connectivity index (χ1v) is 10.2. The molecule has 1 N–H and O–H groups in total.